The third-order valence-electron chi connectivity index (χ3n) is 5.02. The number of nitrogens with one attached hydrogen (secondary N) is 2. The van der Waals surface area contributed by atoms with Crippen molar-refractivity contribution in [3.05, 3.63) is 82.0 Å². The van der Waals surface area contributed by atoms with E-state index in [1.807, 2.05) is 18.2 Å². The van der Waals surface area contributed by atoms with Crippen molar-refractivity contribution >= 4 is 34.5 Å². The maximum atomic E-state index is 12.8. The summed E-state index contributed by atoms with van der Waals surface area (Å²) in [7, 11) is 0. The highest BCUT2D eigenvalue weighted by molar-refractivity contribution is 7.10. The number of anilines is 2. The predicted molar refractivity (Wildman–Crippen MR) is 117 cm³/mol. The summed E-state index contributed by atoms with van der Waals surface area (Å²) in [5, 5.41) is 7.83. The molecular formula is C23H23N3O2S. The number of carbonyl (C=O) groups is 2. The fourth-order valence-electron chi connectivity index (χ4n) is 3.79. The number of hydrogen-bond acceptors (Lipinski definition) is 4. The number of carbonyl (C=O) groups excluding carboxylic acids is 2. The Morgan fingerprint density at radius 2 is 1.69 bits per heavy atom. The number of nitrogens with zero attached hydrogens (tertiary/aromatic N) is 1. The van der Waals surface area contributed by atoms with Gasteiger partial charge in [0.2, 0.25) is 11.8 Å². The average molecular weight is 406 g/mol. The Kier molecular flexibility index (Phi) is 5.74. The summed E-state index contributed by atoms with van der Waals surface area (Å²) in [5.41, 5.74) is 3.94. The molecule has 1 atom stereocenters. The normalized spacial score (nSPS) is 16.1. The molecule has 0 fully saturated rings. The van der Waals surface area contributed by atoms with Crippen molar-refractivity contribution in [1.82, 2.24) is 4.90 Å². The van der Waals surface area contributed by atoms with E-state index >= 15 is 0 Å². The van der Waals surface area contributed by atoms with Gasteiger partial charge in [-0.2, -0.15) is 0 Å². The van der Waals surface area contributed by atoms with E-state index in [0.29, 0.717) is 17.9 Å². The monoisotopic (exact) mass is 405 g/mol. The van der Waals surface area contributed by atoms with E-state index in [-0.39, 0.29) is 17.9 Å². The molecular weight excluding hydrogens is 382 g/mol. The summed E-state index contributed by atoms with van der Waals surface area (Å²) in [4.78, 5) is 27.5. The molecule has 1 aromatic heterocycles. The second-order valence-electron chi connectivity index (χ2n) is 7.14. The lowest BCUT2D eigenvalue weighted by Gasteiger charge is -2.35. The molecule has 3 aromatic rings. The third-order valence-corrected chi connectivity index (χ3v) is 6.01. The van der Waals surface area contributed by atoms with Crippen LogP contribution in [0.15, 0.2) is 66.0 Å². The molecule has 2 heterocycles. The second-order valence-corrected chi connectivity index (χ2v) is 8.14. The standard InChI is InChI=1S/C23H23N3O2S/c1-16(27)24-18-7-9-19(10-8-18)25-22(28)15-26-13-11-21-20(12-14-29-21)23(26)17-5-3-2-4-6-17/h2-10,12,14,23H,11,13,15H2,1H3,(H,24,27)(H,25,28)/t23-/m0/s1. The average Bonchev–Trinajstić information content (AvgIpc) is 3.18. The summed E-state index contributed by atoms with van der Waals surface area (Å²) < 4.78 is 0. The molecule has 2 N–H and O–H groups in total. The van der Waals surface area contributed by atoms with Crippen LogP contribution in [0, 0.1) is 0 Å². The van der Waals surface area contributed by atoms with Crippen molar-refractivity contribution in [2.45, 2.75) is 19.4 Å². The molecule has 0 saturated heterocycles. The number of amides is 2. The van der Waals surface area contributed by atoms with Gasteiger partial charge in [-0.15, -0.1) is 11.3 Å². The molecule has 2 amide bonds. The van der Waals surface area contributed by atoms with E-state index in [2.05, 4.69) is 39.1 Å². The van der Waals surface area contributed by atoms with Gasteiger partial charge in [0.1, 0.15) is 0 Å². The van der Waals surface area contributed by atoms with Crippen molar-refractivity contribution in [3.63, 3.8) is 0 Å². The highest BCUT2D eigenvalue weighted by Gasteiger charge is 2.30. The summed E-state index contributed by atoms with van der Waals surface area (Å²) in [6.45, 7) is 2.64. The Labute approximate surface area is 174 Å². The number of rotatable bonds is 5. The molecule has 2 aromatic carbocycles. The van der Waals surface area contributed by atoms with Gasteiger partial charge in [-0.1, -0.05) is 30.3 Å². The Morgan fingerprint density at radius 1 is 1.00 bits per heavy atom. The molecule has 148 valence electrons. The lowest BCUT2D eigenvalue weighted by molar-refractivity contribution is -0.118. The third kappa shape index (κ3) is 4.55. The molecule has 0 saturated carbocycles. The van der Waals surface area contributed by atoms with Crippen LogP contribution in [0.5, 0.6) is 0 Å². The molecule has 0 unspecified atom stereocenters. The number of hydrogen-bond donors (Lipinski definition) is 2. The van der Waals surface area contributed by atoms with Crippen LogP contribution in [0.4, 0.5) is 11.4 Å². The first-order chi connectivity index (χ1) is 14.1. The quantitative estimate of drug-likeness (QED) is 0.666. The number of thiophene rings is 1. The summed E-state index contributed by atoms with van der Waals surface area (Å²) >= 11 is 1.80. The Balaban J connectivity index is 1.47. The van der Waals surface area contributed by atoms with Gasteiger partial charge in [0, 0.05) is 29.7 Å². The Morgan fingerprint density at radius 3 is 2.38 bits per heavy atom. The zero-order valence-corrected chi connectivity index (χ0v) is 17.0. The largest absolute Gasteiger partial charge is 0.326 e. The zero-order valence-electron chi connectivity index (χ0n) is 16.2. The number of benzene rings is 2. The molecule has 6 heteroatoms. The van der Waals surface area contributed by atoms with E-state index in [1.165, 1.54) is 22.9 Å². The summed E-state index contributed by atoms with van der Waals surface area (Å²) in [6.07, 6.45) is 0.967. The topological polar surface area (TPSA) is 61.4 Å². The van der Waals surface area contributed by atoms with E-state index in [0.717, 1.165) is 13.0 Å². The van der Waals surface area contributed by atoms with Gasteiger partial charge in [0.15, 0.2) is 0 Å². The minimum absolute atomic E-state index is 0.0445. The lowest BCUT2D eigenvalue weighted by Crippen LogP contribution is -2.40. The fourth-order valence-corrected chi connectivity index (χ4v) is 4.69. The molecule has 0 radical (unpaired) electrons. The Hall–Kier alpha value is -2.96. The van der Waals surface area contributed by atoms with Crippen molar-refractivity contribution in [2.75, 3.05) is 23.7 Å². The SMILES string of the molecule is CC(=O)Nc1ccc(NC(=O)CN2CCc3sccc3[C@@H]2c2ccccc2)cc1. The van der Waals surface area contributed by atoms with Gasteiger partial charge in [0.05, 0.1) is 12.6 Å². The van der Waals surface area contributed by atoms with Gasteiger partial charge >= 0.3 is 0 Å². The molecule has 1 aliphatic rings. The summed E-state index contributed by atoms with van der Waals surface area (Å²) in [6, 6.07) is 19.8. The Bertz CT molecular complexity index is 998. The molecule has 4 rings (SSSR count). The van der Waals surface area contributed by atoms with Gasteiger partial charge < -0.3 is 10.6 Å². The first-order valence-electron chi connectivity index (χ1n) is 9.63. The van der Waals surface area contributed by atoms with Crippen LogP contribution < -0.4 is 10.6 Å². The van der Waals surface area contributed by atoms with Gasteiger partial charge in [0.25, 0.3) is 0 Å². The van der Waals surface area contributed by atoms with Crippen LogP contribution in [0.2, 0.25) is 0 Å². The molecule has 0 spiro atoms. The van der Waals surface area contributed by atoms with Crippen LogP contribution >= 0.6 is 11.3 Å². The van der Waals surface area contributed by atoms with Gasteiger partial charge in [-0.3, -0.25) is 14.5 Å². The van der Waals surface area contributed by atoms with Crippen LogP contribution in [0.1, 0.15) is 29.0 Å². The fraction of sp³-hybridized carbons (Fsp3) is 0.217. The minimum Gasteiger partial charge on any atom is -0.326 e. The van der Waals surface area contributed by atoms with Crippen LogP contribution in [0.3, 0.4) is 0 Å². The van der Waals surface area contributed by atoms with Crippen LogP contribution in [-0.4, -0.2) is 29.8 Å². The lowest BCUT2D eigenvalue weighted by atomic mass is 9.93. The van der Waals surface area contributed by atoms with E-state index < -0.39 is 0 Å². The van der Waals surface area contributed by atoms with Crippen molar-refractivity contribution in [3.8, 4) is 0 Å². The zero-order chi connectivity index (χ0) is 20.2. The first-order valence-corrected chi connectivity index (χ1v) is 10.5. The molecule has 0 bridgehead atoms. The van der Waals surface area contributed by atoms with Crippen molar-refractivity contribution in [2.24, 2.45) is 0 Å². The molecule has 0 aliphatic carbocycles. The van der Waals surface area contributed by atoms with E-state index in [9.17, 15) is 9.59 Å². The smallest absolute Gasteiger partial charge is 0.238 e. The van der Waals surface area contributed by atoms with Crippen LogP contribution in [0.25, 0.3) is 0 Å². The maximum absolute atomic E-state index is 12.8. The maximum Gasteiger partial charge on any atom is 0.238 e. The first kappa shape index (κ1) is 19.4. The van der Waals surface area contributed by atoms with Crippen molar-refractivity contribution < 1.29 is 9.59 Å². The number of fused-ring (bicyclic) bond motifs is 1. The summed E-state index contributed by atoms with van der Waals surface area (Å²) in [5.74, 6) is -0.163. The highest BCUT2D eigenvalue weighted by atomic mass is 32.1. The second kappa shape index (κ2) is 8.59. The van der Waals surface area contributed by atoms with E-state index in [4.69, 9.17) is 0 Å². The highest BCUT2D eigenvalue weighted by Crippen LogP contribution is 2.37. The van der Waals surface area contributed by atoms with E-state index in [1.54, 1.807) is 35.6 Å². The van der Waals surface area contributed by atoms with Crippen LogP contribution in [-0.2, 0) is 16.0 Å². The minimum atomic E-state index is -0.119. The van der Waals surface area contributed by atoms with Gasteiger partial charge in [-0.05, 0) is 53.3 Å². The molecule has 1 aliphatic heterocycles. The molecule has 5 nitrogen and oxygen atoms in total. The van der Waals surface area contributed by atoms with Crippen molar-refractivity contribution in [1.29, 1.82) is 0 Å². The van der Waals surface area contributed by atoms with Gasteiger partial charge in [-0.25, -0.2) is 0 Å². The molecule has 29 heavy (non-hydrogen) atoms. The predicted octanol–water partition coefficient (Wildman–Crippen LogP) is 4.29.